The van der Waals surface area contributed by atoms with Crippen LogP contribution in [0.1, 0.15) is 65.6 Å². The van der Waals surface area contributed by atoms with Crippen LogP contribution in [0.5, 0.6) is 0 Å². The van der Waals surface area contributed by atoms with Gasteiger partial charge in [-0.2, -0.15) is 0 Å². The number of benzene rings is 3. The van der Waals surface area contributed by atoms with Gasteiger partial charge in [0.2, 0.25) is 0 Å². The summed E-state index contributed by atoms with van der Waals surface area (Å²) < 4.78 is 4.90. The molecule has 182 valence electrons. The van der Waals surface area contributed by atoms with Crippen LogP contribution < -0.4 is 4.90 Å². The van der Waals surface area contributed by atoms with Gasteiger partial charge in [0.1, 0.15) is 0 Å². The second-order valence-electron chi connectivity index (χ2n) is 11.5. The summed E-state index contributed by atoms with van der Waals surface area (Å²) in [5, 5.41) is 0. The van der Waals surface area contributed by atoms with Crippen molar-refractivity contribution in [2.75, 3.05) is 19.1 Å². The number of para-hydroxylation sites is 1. The highest BCUT2D eigenvalue weighted by Gasteiger charge is 2.51. The average Bonchev–Trinajstić information content (AvgIpc) is 3.02. The number of ether oxygens (including phenoxy) is 1. The van der Waals surface area contributed by atoms with Gasteiger partial charge in [0, 0.05) is 18.2 Å². The van der Waals surface area contributed by atoms with E-state index in [9.17, 15) is 4.79 Å². The molecule has 0 aromatic heterocycles. The second kappa shape index (κ2) is 8.06. The maximum absolute atomic E-state index is 12.0. The molecule has 3 aromatic carbocycles. The molecule has 4 aliphatic carbocycles. The zero-order valence-corrected chi connectivity index (χ0v) is 21.0. The van der Waals surface area contributed by atoms with Crippen LogP contribution in [0.15, 0.2) is 71.7 Å². The molecule has 0 spiro atoms. The highest BCUT2D eigenvalue weighted by molar-refractivity contribution is 6.18. The third kappa shape index (κ3) is 3.34. The third-order valence-electron chi connectivity index (χ3n) is 9.32. The Morgan fingerprint density at radius 3 is 2.22 bits per heavy atom. The van der Waals surface area contributed by atoms with E-state index in [-0.39, 0.29) is 5.97 Å². The molecule has 4 fully saturated rings. The summed E-state index contributed by atoms with van der Waals surface area (Å²) in [7, 11) is 3.55. The van der Waals surface area contributed by atoms with Crippen LogP contribution in [0.2, 0.25) is 0 Å². The van der Waals surface area contributed by atoms with Gasteiger partial charge in [-0.1, -0.05) is 36.4 Å². The molecule has 4 heteroatoms. The first kappa shape index (κ1) is 21.8. The van der Waals surface area contributed by atoms with Crippen molar-refractivity contribution in [1.29, 1.82) is 0 Å². The van der Waals surface area contributed by atoms with Gasteiger partial charge in [-0.05, 0) is 97.6 Å². The minimum absolute atomic E-state index is 0.324. The van der Waals surface area contributed by atoms with Crippen LogP contribution in [0.4, 0.5) is 17.1 Å². The van der Waals surface area contributed by atoms with E-state index >= 15 is 0 Å². The van der Waals surface area contributed by atoms with Crippen LogP contribution in [0.25, 0.3) is 0 Å². The normalized spacial score (nSPS) is 27.7. The average molecular weight is 477 g/mol. The van der Waals surface area contributed by atoms with Gasteiger partial charge >= 0.3 is 5.97 Å². The fourth-order valence-corrected chi connectivity index (χ4v) is 8.07. The van der Waals surface area contributed by atoms with Crippen molar-refractivity contribution in [1.82, 2.24) is 0 Å². The molecular formula is C32H32N2O2. The topological polar surface area (TPSA) is 41.9 Å². The van der Waals surface area contributed by atoms with E-state index in [0.717, 1.165) is 51.7 Å². The number of hydrogen-bond donors (Lipinski definition) is 0. The first-order valence-corrected chi connectivity index (χ1v) is 13.3. The van der Waals surface area contributed by atoms with Crippen LogP contribution >= 0.6 is 0 Å². The van der Waals surface area contributed by atoms with E-state index in [1.807, 2.05) is 24.3 Å². The number of carbonyl (C=O) groups excluding carboxylic acids is 1. The molecule has 1 heterocycles. The molecule has 0 unspecified atom stereocenters. The van der Waals surface area contributed by atoms with Gasteiger partial charge in [-0.3, -0.25) is 0 Å². The molecule has 4 nitrogen and oxygen atoms in total. The Hall–Kier alpha value is -3.40. The fourth-order valence-electron chi connectivity index (χ4n) is 8.07. The van der Waals surface area contributed by atoms with Gasteiger partial charge in [-0.25, -0.2) is 9.79 Å². The molecule has 0 atom stereocenters. The number of carbonyl (C=O) groups is 1. The standard InChI is InChI=1S/C32H32N2O2/c1-34-28-6-4-3-5-26(28)30(23-7-9-24(10-8-23)31(35)36-2)33-27-16-25(11-12-29(27)34)32-17-20-13-21(18-32)15-22(14-20)19-32/h3-12,16,20-22H,13-15,17-19H2,1-2H3. The van der Waals surface area contributed by atoms with Crippen molar-refractivity contribution in [3.8, 4) is 0 Å². The first-order chi connectivity index (χ1) is 17.5. The molecule has 0 amide bonds. The summed E-state index contributed by atoms with van der Waals surface area (Å²) in [5.74, 6) is 2.41. The van der Waals surface area contributed by atoms with Gasteiger partial charge in [0.05, 0.1) is 35.4 Å². The number of esters is 1. The Morgan fingerprint density at radius 2 is 1.56 bits per heavy atom. The van der Waals surface area contributed by atoms with Crippen molar-refractivity contribution >= 4 is 28.7 Å². The number of rotatable bonds is 3. The molecule has 3 aromatic rings. The number of anilines is 2. The molecule has 8 rings (SSSR count). The van der Waals surface area contributed by atoms with Crippen molar-refractivity contribution in [2.24, 2.45) is 22.7 Å². The molecule has 5 aliphatic rings. The maximum Gasteiger partial charge on any atom is 0.337 e. The van der Waals surface area contributed by atoms with Crippen molar-refractivity contribution in [2.45, 2.75) is 43.9 Å². The first-order valence-electron chi connectivity index (χ1n) is 13.3. The fraction of sp³-hybridized carbons (Fsp3) is 0.375. The SMILES string of the molecule is COC(=O)c1ccc(C2=Nc3cc(C45CC6CC(CC(C6)C4)C5)ccc3N(C)c3ccccc32)cc1. The molecule has 4 bridgehead atoms. The minimum Gasteiger partial charge on any atom is -0.465 e. The summed E-state index contributed by atoms with van der Waals surface area (Å²) in [6.07, 6.45) is 8.39. The molecular weight excluding hydrogens is 444 g/mol. The highest BCUT2D eigenvalue weighted by Crippen LogP contribution is 2.61. The van der Waals surface area contributed by atoms with Gasteiger partial charge in [0.25, 0.3) is 0 Å². The van der Waals surface area contributed by atoms with Crippen molar-refractivity contribution in [3.05, 3.63) is 89.0 Å². The van der Waals surface area contributed by atoms with E-state index < -0.39 is 0 Å². The molecule has 0 radical (unpaired) electrons. The van der Waals surface area contributed by atoms with E-state index in [4.69, 9.17) is 9.73 Å². The number of methoxy groups -OCH3 is 1. The lowest BCUT2D eigenvalue weighted by molar-refractivity contribution is -0.00516. The monoisotopic (exact) mass is 476 g/mol. The maximum atomic E-state index is 12.0. The van der Waals surface area contributed by atoms with Gasteiger partial charge in [-0.15, -0.1) is 0 Å². The van der Waals surface area contributed by atoms with Crippen LogP contribution in [0.3, 0.4) is 0 Å². The van der Waals surface area contributed by atoms with Crippen LogP contribution in [0, 0.1) is 17.8 Å². The second-order valence-corrected chi connectivity index (χ2v) is 11.5. The summed E-state index contributed by atoms with van der Waals surface area (Å²) in [5.41, 5.74) is 8.71. The predicted octanol–water partition coefficient (Wildman–Crippen LogP) is 7.19. The molecule has 1 aliphatic heterocycles. The molecule has 4 saturated carbocycles. The van der Waals surface area contributed by atoms with Gasteiger partial charge < -0.3 is 9.64 Å². The van der Waals surface area contributed by atoms with Crippen LogP contribution in [-0.2, 0) is 10.2 Å². The Balaban J connectivity index is 1.36. The smallest absolute Gasteiger partial charge is 0.337 e. The Morgan fingerprint density at radius 1 is 0.889 bits per heavy atom. The summed E-state index contributed by atoms with van der Waals surface area (Å²) in [6, 6.07) is 23.2. The minimum atomic E-state index is -0.324. The molecule has 0 N–H and O–H groups in total. The Labute approximate surface area is 213 Å². The zero-order valence-electron chi connectivity index (χ0n) is 21.0. The lowest BCUT2D eigenvalue weighted by atomic mass is 9.48. The van der Waals surface area contributed by atoms with E-state index in [1.54, 1.807) is 0 Å². The Kier molecular flexibility index (Phi) is 4.89. The van der Waals surface area contributed by atoms with Crippen molar-refractivity contribution in [3.63, 3.8) is 0 Å². The number of aliphatic imine (C=N–C) groups is 1. The Bertz CT molecular complexity index is 1350. The third-order valence-corrected chi connectivity index (χ3v) is 9.32. The predicted molar refractivity (Wildman–Crippen MR) is 144 cm³/mol. The van der Waals surface area contributed by atoms with Gasteiger partial charge in [0.15, 0.2) is 0 Å². The highest BCUT2D eigenvalue weighted by atomic mass is 16.5. The van der Waals surface area contributed by atoms with E-state index in [0.29, 0.717) is 11.0 Å². The van der Waals surface area contributed by atoms with E-state index in [2.05, 4.69) is 54.4 Å². The largest absolute Gasteiger partial charge is 0.465 e. The molecule has 36 heavy (non-hydrogen) atoms. The quantitative estimate of drug-likeness (QED) is 0.376. The van der Waals surface area contributed by atoms with E-state index in [1.165, 1.54) is 51.2 Å². The number of nitrogens with zero attached hydrogens (tertiary/aromatic N) is 2. The zero-order chi connectivity index (χ0) is 24.4. The summed E-state index contributed by atoms with van der Waals surface area (Å²) >= 11 is 0. The number of hydrogen-bond acceptors (Lipinski definition) is 4. The lowest BCUT2D eigenvalue weighted by Crippen LogP contribution is -2.48. The van der Waals surface area contributed by atoms with Crippen molar-refractivity contribution < 1.29 is 9.53 Å². The summed E-state index contributed by atoms with van der Waals surface area (Å²) in [4.78, 5) is 19.6. The van der Waals surface area contributed by atoms with Crippen LogP contribution in [-0.4, -0.2) is 25.8 Å². The molecule has 0 saturated heterocycles. The summed E-state index contributed by atoms with van der Waals surface area (Å²) in [6.45, 7) is 0. The lowest BCUT2D eigenvalue weighted by Gasteiger charge is -2.57. The number of fused-ring (bicyclic) bond motifs is 2.